The van der Waals surface area contributed by atoms with Gasteiger partial charge >= 0.3 is 0 Å². The number of benzene rings is 2. The number of carbonyl (C=O) groups is 2. The Labute approximate surface area is 171 Å². The van der Waals surface area contributed by atoms with Crippen molar-refractivity contribution < 1.29 is 18.7 Å². The lowest BCUT2D eigenvalue weighted by Crippen LogP contribution is -2.17. The van der Waals surface area contributed by atoms with Gasteiger partial charge in [0.1, 0.15) is 12.4 Å². The molecule has 0 radical (unpaired) electrons. The summed E-state index contributed by atoms with van der Waals surface area (Å²) in [6.45, 7) is -0.0190. The largest absolute Gasteiger partial charge is 0.375 e. The second-order valence-electron chi connectivity index (χ2n) is 6.09. The third-order valence-electron chi connectivity index (χ3n) is 3.87. The molecule has 0 saturated carbocycles. The molecule has 1 aromatic heterocycles. The Morgan fingerprint density at radius 1 is 0.966 bits per heavy atom. The number of halogens is 1. The number of carbonyl (C=O) groups excluding carboxylic acids is 2. The molecule has 0 aliphatic rings. The molecule has 0 saturated heterocycles. The van der Waals surface area contributed by atoms with Crippen LogP contribution in [0.2, 0.25) is 0 Å². The molecule has 0 spiro atoms. The number of amides is 2. The predicted molar refractivity (Wildman–Crippen MR) is 114 cm³/mol. The second-order valence-corrected chi connectivity index (χ2v) is 7.21. The van der Waals surface area contributed by atoms with Gasteiger partial charge in [0, 0.05) is 34.3 Å². The molecule has 0 fully saturated rings. The zero-order valence-corrected chi connectivity index (χ0v) is 16.5. The van der Waals surface area contributed by atoms with E-state index in [1.807, 2.05) is 12.1 Å². The Kier molecular flexibility index (Phi) is 6.89. The van der Waals surface area contributed by atoms with Crippen LogP contribution in [0.25, 0.3) is 16.5 Å². The highest BCUT2D eigenvalue weighted by molar-refractivity contribution is 7.16. The Balaban J connectivity index is 1.56. The molecule has 2 amide bonds. The molecule has 3 aromatic rings. The zero-order chi connectivity index (χ0) is 20.6. The van der Waals surface area contributed by atoms with Crippen molar-refractivity contribution in [2.45, 2.75) is 0 Å². The summed E-state index contributed by atoms with van der Waals surface area (Å²) in [5.41, 5.74) is 2.16. The van der Waals surface area contributed by atoms with Crippen molar-refractivity contribution in [3.63, 3.8) is 0 Å². The number of hydrogen-bond donors (Lipinski definition) is 2. The van der Waals surface area contributed by atoms with Gasteiger partial charge in [-0.05, 0) is 60.2 Å². The van der Waals surface area contributed by atoms with E-state index in [2.05, 4.69) is 10.6 Å². The highest BCUT2D eigenvalue weighted by atomic mass is 32.1. The van der Waals surface area contributed by atoms with Gasteiger partial charge in [0.05, 0.1) is 0 Å². The number of rotatable bonds is 7. The van der Waals surface area contributed by atoms with Crippen molar-refractivity contribution in [2.75, 3.05) is 24.4 Å². The first-order chi connectivity index (χ1) is 14.0. The first-order valence-corrected chi connectivity index (χ1v) is 9.59. The average Bonchev–Trinajstić information content (AvgIpc) is 3.18. The van der Waals surface area contributed by atoms with E-state index in [0.29, 0.717) is 11.4 Å². The van der Waals surface area contributed by atoms with Crippen molar-refractivity contribution >= 4 is 40.6 Å². The SMILES string of the molecule is COCC(=O)Nc1ccc(NC(=O)/C=C/c2ccc(-c3ccc(F)cc3)s2)cc1. The van der Waals surface area contributed by atoms with E-state index in [9.17, 15) is 14.0 Å². The van der Waals surface area contributed by atoms with Crippen LogP contribution in [0.1, 0.15) is 4.88 Å². The number of hydrogen-bond acceptors (Lipinski definition) is 4. The van der Waals surface area contributed by atoms with Crippen LogP contribution in [0.5, 0.6) is 0 Å². The topological polar surface area (TPSA) is 67.4 Å². The monoisotopic (exact) mass is 410 g/mol. The minimum atomic E-state index is -0.271. The molecule has 0 aliphatic heterocycles. The molecule has 0 atom stereocenters. The van der Waals surface area contributed by atoms with Crippen LogP contribution in [-0.2, 0) is 14.3 Å². The number of anilines is 2. The molecule has 3 rings (SSSR count). The molecule has 148 valence electrons. The smallest absolute Gasteiger partial charge is 0.250 e. The van der Waals surface area contributed by atoms with Gasteiger partial charge in [-0.25, -0.2) is 4.39 Å². The molecular formula is C22H19FN2O3S. The van der Waals surface area contributed by atoms with Crippen molar-refractivity contribution in [3.05, 3.63) is 77.4 Å². The summed E-state index contributed by atoms with van der Waals surface area (Å²) in [6, 6.07) is 16.9. The molecule has 5 nitrogen and oxygen atoms in total. The lowest BCUT2D eigenvalue weighted by atomic mass is 10.2. The molecule has 7 heteroatoms. The summed E-state index contributed by atoms with van der Waals surface area (Å²) in [5.74, 6) is -0.784. The molecule has 2 aromatic carbocycles. The Morgan fingerprint density at radius 2 is 1.62 bits per heavy atom. The van der Waals surface area contributed by atoms with Crippen LogP contribution < -0.4 is 10.6 Å². The van der Waals surface area contributed by atoms with E-state index in [1.165, 1.54) is 36.7 Å². The van der Waals surface area contributed by atoms with Gasteiger partial charge in [0.15, 0.2) is 0 Å². The maximum Gasteiger partial charge on any atom is 0.250 e. The molecule has 0 aliphatic carbocycles. The fourth-order valence-electron chi connectivity index (χ4n) is 2.52. The maximum atomic E-state index is 13.0. The number of thiophene rings is 1. The van der Waals surface area contributed by atoms with Crippen molar-refractivity contribution in [3.8, 4) is 10.4 Å². The summed E-state index contributed by atoms with van der Waals surface area (Å²) in [5, 5.41) is 5.44. The van der Waals surface area contributed by atoms with E-state index in [4.69, 9.17) is 4.74 Å². The molecule has 0 unspecified atom stereocenters. The van der Waals surface area contributed by atoms with Gasteiger partial charge in [-0.1, -0.05) is 12.1 Å². The standard InChI is InChI=1S/C22H19FN2O3S/c1-28-14-22(27)25-18-8-6-17(7-9-18)24-21(26)13-11-19-10-12-20(29-19)15-2-4-16(23)5-3-15/h2-13H,14H2,1H3,(H,24,26)(H,25,27)/b13-11+. The van der Waals surface area contributed by atoms with E-state index in [-0.39, 0.29) is 24.2 Å². The van der Waals surface area contributed by atoms with Crippen molar-refractivity contribution in [1.82, 2.24) is 0 Å². The summed E-state index contributed by atoms with van der Waals surface area (Å²) in [4.78, 5) is 25.5. The van der Waals surface area contributed by atoms with E-state index in [0.717, 1.165) is 15.3 Å². The number of methoxy groups -OCH3 is 1. The van der Waals surface area contributed by atoms with Crippen LogP contribution in [0.4, 0.5) is 15.8 Å². The minimum Gasteiger partial charge on any atom is -0.375 e. The fraction of sp³-hybridized carbons (Fsp3) is 0.0909. The summed E-state index contributed by atoms with van der Waals surface area (Å²) >= 11 is 1.51. The van der Waals surface area contributed by atoms with E-state index < -0.39 is 0 Å². The third kappa shape index (κ3) is 6.10. The summed E-state index contributed by atoms with van der Waals surface area (Å²) in [7, 11) is 1.45. The zero-order valence-electron chi connectivity index (χ0n) is 15.6. The quantitative estimate of drug-likeness (QED) is 0.550. The van der Waals surface area contributed by atoms with Gasteiger partial charge in [-0.3, -0.25) is 9.59 Å². The molecular weight excluding hydrogens is 391 g/mol. The minimum absolute atomic E-state index is 0.0190. The Hall–Kier alpha value is -3.29. The van der Waals surface area contributed by atoms with E-state index >= 15 is 0 Å². The van der Waals surface area contributed by atoms with Gasteiger partial charge in [-0.15, -0.1) is 11.3 Å². The Bertz CT molecular complexity index is 1010. The molecule has 29 heavy (non-hydrogen) atoms. The van der Waals surface area contributed by atoms with Crippen molar-refractivity contribution in [1.29, 1.82) is 0 Å². The first-order valence-electron chi connectivity index (χ1n) is 8.77. The van der Waals surface area contributed by atoms with Crippen LogP contribution >= 0.6 is 11.3 Å². The lowest BCUT2D eigenvalue weighted by Gasteiger charge is -2.06. The van der Waals surface area contributed by atoms with Gasteiger partial charge in [0.2, 0.25) is 11.8 Å². The normalized spacial score (nSPS) is 10.8. The number of ether oxygens (including phenoxy) is 1. The Morgan fingerprint density at radius 3 is 2.28 bits per heavy atom. The molecule has 1 heterocycles. The first kappa shape index (κ1) is 20.4. The van der Waals surface area contributed by atoms with Crippen LogP contribution in [0.3, 0.4) is 0 Å². The van der Waals surface area contributed by atoms with Gasteiger partial charge < -0.3 is 15.4 Å². The van der Waals surface area contributed by atoms with Gasteiger partial charge in [-0.2, -0.15) is 0 Å². The van der Waals surface area contributed by atoms with Crippen molar-refractivity contribution in [2.24, 2.45) is 0 Å². The lowest BCUT2D eigenvalue weighted by molar-refractivity contribution is -0.119. The molecule has 2 N–H and O–H groups in total. The average molecular weight is 410 g/mol. The number of nitrogens with one attached hydrogen (secondary N) is 2. The summed E-state index contributed by atoms with van der Waals surface area (Å²) in [6.07, 6.45) is 3.18. The highest BCUT2D eigenvalue weighted by Gasteiger charge is 2.04. The summed E-state index contributed by atoms with van der Waals surface area (Å²) < 4.78 is 17.8. The second kappa shape index (κ2) is 9.77. The van der Waals surface area contributed by atoms with Crippen LogP contribution in [0, 0.1) is 5.82 Å². The molecule has 0 bridgehead atoms. The van der Waals surface area contributed by atoms with Gasteiger partial charge in [0.25, 0.3) is 0 Å². The predicted octanol–water partition coefficient (Wildman–Crippen LogP) is 4.79. The van der Waals surface area contributed by atoms with Crippen LogP contribution in [0.15, 0.2) is 66.7 Å². The highest BCUT2D eigenvalue weighted by Crippen LogP contribution is 2.29. The maximum absolute atomic E-state index is 13.0. The van der Waals surface area contributed by atoms with E-state index in [1.54, 1.807) is 42.5 Å². The van der Waals surface area contributed by atoms with Crippen LogP contribution in [-0.4, -0.2) is 25.5 Å². The fourth-order valence-corrected chi connectivity index (χ4v) is 3.43. The third-order valence-corrected chi connectivity index (χ3v) is 4.97.